The number of nitrogens with zero attached hydrogens (tertiary/aromatic N) is 3. The number of quaternary nitrogens is 1. The molecular formula is C35H60N7O10+. The maximum atomic E-state index is 14.1. The summed E-state index contributed by atoms with van der Waals surface area (Å²) in [5, 5.41) is 0. The van der Waals surface area contributed by atoms with Gasteiger partial charge >= 0.3 is 0 Å². The Morgan fingerprint density at radius 3 is 1.02 bits per heavy atom. The molecule has 0 radical (unpaired) electrons. The largest absolute Gasteiger partial charge is 0.337 e. The van der Waals surface area contributed by atoms with Gasteiger partial charge in [-0.3, -0.25) is 74.1 Å². The maximum Gasteiger partial charge on any atom is 0.293 e. The third kappa shape index (κ3) is 21.0. The van der Waals surface area contributed by atoms with E-state index >= 15 is 0 Å². The molecule has 0 aromatic rings. The van der Waals surface area contributed by atoms with E-state index in [0.29, 0.717) is 12.8 Å². The van der Waals surface area contributed by atoms with E-state index in [-0.39, 0.29) is 107 Å². The zero-order valence-corrected chi connectivity index (χ0v) is 31.9. The number of amides is 6. The second kappa shape index (κ2) is 26.3. The van der Waals surface area contributed by atoms with Crippen molar-refractivity contribution in [3.05, 3.63) is 0 Å². The van der Waals surface area contributed by atoms with Gasteiger partial charge in [-0.25, -0.2) is 0 Å². The number of hydrogen-bond donors (Lipinski definition) is 4. The van der Waals surface area contributed by atoms with Crippen molar-refractivity contribution < 1.29 is 52.4 Å². The van der Waals surface area contributed by atoms with E-state index in [1.807, 2.05) is 0 Å². The molecule has 0 unspecified atom stereocenters. The summed E-state index contributed by atoms with van der Waals surface area (Å²) in [6.07, 6.45) is 1.74. The van der Waals surface area contributed by atoms with Crippen LogP contribution in [0.5, 0.6) is 0 Å². The SMILES string of the molecule is CCCC(=O)NNC(=O)C[N+](CC(=O)NNC(=O)CCC)(CC(=O)N(CCC(C)=O)CCC(=O)CC)CC(=O)N(CCC(=O)CC)CCC(=O)CC. The van der Waals surface area contributed by atoms with Gasteiger partial charge in [-0.1, -0.05) is 34.6 Å². The van der Waals surface area contributed by atoms with Crippen LogP contribution in [0.25, 0.3) is 0 Å². The molecule has 17 heteroatoms. The van der Waals surface area contributed by atoms with Crippen LogP contribution in [0.3, 0.4) is 0 Å². The molecule has 0 aromatic heterocycles. The van der Waals surface area contributed by atoms with Crippen LogP contribution < -0.4 is 21.7 Å². The lowest BCUT2D eigenvalue weighted by molar-refractivity contribution is -0.898. The van der Waals surface area contributed by atoms with Gasteiger partial charge in [0.1, 0.15) is 23.1 Å². The van der Waals surface area contributed by atoms with E-state index in [1.165, 1.54) is 16.7 Å². The van der Waals surface area contributed by atoms with Crippen LogP contribution in [0.2, 0.25) is 0 Å². The Hall–Kier alpha value is -4.54. The van der Waals surface area contributed by atoms with Crippen molar-refractivity contribution in [2.24, 2.45) is 0 Å². The zero-order chi connectivity index (χ0) is 39.7. The lowest BCUT2D eigenvalue weighted by atomic mass is 10.1. The van der Waals surface area contributed by atoms with Gasteiger partial charge in [0.2, 0.25) is 11.8 Å². The summed E-state index contributed by atoms with van der Waals surface area (Å²) in [7, 11) is 0. The molecule has 0 aliphatic rings. The first-order valence-corrected chi connectivity index (χ1v) is 18.2. The quantitative estimate of drug-likeness (QED) is 0.0672. The van der Waals surface area contributed by atoms with Gasteiger partial charge in [0.15, 0.2) is 26.2 Å². The fourth-order valence-electron chi connectivity index (χ4n) is 4.98. The Morgan fingerprint density at radius 2 is 0.731 bits per heavy atom. The van der Waals surface area contributed by atoms with Gasteiger partial charge in [-0.15, -0.1) is 0 Å². The van der Waals surface area contributed by atoms with Crippen LogP contribution in [-0.2, 0) is 47.9 Å². The number of hydrogen-bond acceptors (Lipinski definition) is 10. The van der Waals surface area contributed by atoms with Gasteiger partial charge in [0.25, 0.3) is 23.6 Å². The molecule has 17 nitrogen and oxygen atoms in total. The van der Waals surface area contributed by atoms with Crippen LogP contribution in [-0.4, -0.2) is 125 Å². The highest BCUT2D eigenvalue weighted by atomic mass is 16.2. The Balaban J connectivity index is 7.03. The Bertz CT molecular complexity index is 1210. The van der Waals surface area contributed by atoms with Gasteiger partial charge in [0, 0.05) is 84.0 Å². The van der Waals surface area contributed by atoms with Gasteiger partial charge in [-0.05, 0) is 19.8 Å². The molecule has 0 bridgehead atoms. The van der Waals surface area contributed by atoms with Crippen molar-refractivity contribution in [1.82, 2.24) is 31.5 Å². The van der Waals surface area contributed by atoms with Crippen molar-refractivity contribution in [1.29, 1.82) is 0 Å². The minimum Gasteiger partial charge on any atom is -0.337 e. The highest BCUT2D eigenvalue weighted by Gasteiger charge is 2.41. The Labute approximate surface area is 306 Å². The molecule has 6 amide bonds. The number of hydrazine groups is 2. The molecule has 0 atom stereocenters. The minimum absolute atomic E-state index is 0.0142. The molecule has 294 valence electrons. The molecular weight excluding hydrogens is 678 g/mol. The molecule has 0 aliphatic heterocycles. The second-order valence-corrected chi connectivity index (χ2v) is 12.8. The van der Waals surface area contributed by atoms with E-state index in [0.717, 1.165) is 0 Å². The number of carbonyl (C=O) groups excluding carboxylic acids is 10. The van der Waals surface area contributed by atoms with Crippen LogP contribution >= 0.6 is 0 Å². The summed E-state index contributed by atoms with van der Waals surface area (Å²) in [6.45, 7) is 6.96. The number of ketones is 4. The maximum absolute atomic E-state index is 14.1. The normalized spacial score (nSPS) is 10.8. The molecule has 0 spiro atoms. The van der Waals surface area contributed by atoms with Crippen LogP contribution in [0, 0.1) is 0 Å². The topological polar surface area (TPSA) is 225 Å². The first-order valence-electron chi connectivity index (χ1n) is 18.2. The van der Waals surface area contributed by atoms with E-state index in [4.69, 9.17) is 0 Å². The molecule has 52 heavy (non-hydrogen) atoms. The Morgan fingerprint density at radius 1 is 0.423 bits per heavy atom. The Kier molecular flexibility index (Phi) is 24.0. The molecule has 0 rings (SSSR count). The molecule has 0 saturated carbocycles. The summed E-state index contributed by atoms with van der Waals surface area (Å²) in [5.74, 6) is -4.66. The van der Waals surface area contributed by atoms with Crippen molar-refractivity contribution in [3.63, 3.8) is 0 Å². The summed E-state index contributed by atoms with van der Waals surface area (Å²) in [4.78, 5) is 130. The predicted octanol–water partition coefficient (Wildman–Crippen LogP) is 0.442. The van der Waals surface area contributed by atoms with Crippen molar-refractivity contribution >= 4 is 58.6 Å². The monoisotopic (exact) mass is 738 g/mol. The molecule has 0 heterocycles. The number of nitrogens with one attached hydrogen (secondary N) is 4. The predicted molar refractivity (Wildman–Crippen MR) is 190 cm³/mol. The fraction of sp³-hybridized carbons (Fsp3) is 0.714. The first-order chi connectivity index (χ1) is 24.5. The molecule has 0 fully saturated rings. The van der Waals surface area contributed by atoms with E-state index in [9.17, 15) is 47.9 Å². The van der Waals surface area contributed by atoms with E-state index in [1.54, 1.807) is 34.6 Å². The van der Waals surface area contributed by atoms with Crippen molar-refractivity contribution in [2.45, 2.75) is 112 Å². The van der Waals surface area contributed by atoms with E-state index in [2.05, 4.69) is 21.7 Å². The highest BCUT2D eigenvalue weighted by Crippen LogP contribution is 2.13. The van der Waals surface area contributed by atoms with Crippen LogP contribution in [0.4, 0.5) is 0 Å². The van der Waals surface area contributed by atoms with Crippen molar-refractivity contribution in [3.8, 4) is 0 Å². The summed E-state index contributed by atoms with van der Waals surface area (Å²) >= 11 is 0. The average molecular weight is 739 g/mol. The van der Waals surface area contributed by atoms with Crippen LogP contribution in [0.15, 0.2) is 0 Å². The molecule has 0 aromatic carbocycles. The molecule has 0 aliphatic carbocycles. The fourth-order valence-corrected chi connectivity index (χ4v) is 4.98. The van der Waals surface area contributed by atoms with Crippen LogP contribution in [0.1, 0.15) is 112 Å². The van der Waals surface area contributed by atoms with Crippen molar-refractivity contribution in [2.75, 3.05) is 52.4 Å². The smallest absolute Gasteiger partial charge is 0.293 e. The first kappa shape index (κ1) is 47.5. The summed E-state index contributed by atoms with van der Waals surface area (Å²) in [6, 6.07) is 0. The average Bonchev–Trinajstić information content (AvgIpc) is 3.09. The third-order valence-corrected chi connectivity index (χ3v) is 8.14. The van der Waals surface area contributed by atoms with Gasteiger partial charge in [-0.2, -0.15) is 0 Å². The number of Topliss-reactive ketones (excluding diaryl/α,β-unsaturated/α-hetero) is 4. The number of rotatable bonds is 27. The second-order valence-electron chi connectivity index (χ2n) is 12.8. The standard InChI is InChI=1S/C35H59N7O10/c1-7-12-30(47)36-38-32(49)22-42(23-33(50)39-37-31(48)13-8-2,24-34(51)40(18-14-26(6)43)19-15-27(44)9-3)25-35(52)41(20-16-28(45)10-4)21-17-29(46)11-5/h7-25H2,1-6H3,(H3-,36,37,38,39,47,48,49,50)/p+1. The molecule has 4 N–H and O–H groups in total. The number of carbonyl (C=O) groups is 10. The highest BCUT2D eigenvalue weighted by molar-refractivity contribution is 5.87. The minimum atomic E-state index is -0.849. The lowest BCUT2D eigenvalue weighted by Gasteiger charge is -2.39. The van der Waals surface area contributed by atoms with E-state index < -0.39 is 66.1 Å². The molecule has 0 saturated heterocycles. The van der Waals surface area contributed by atoms with Gasteiger partial charge in [0.05, 0.1) is 0 Å². The summed E-state index contributed by atoms with van der Waals surface area (Å²) in [5.41, 5.74) is 9.07. The lowest BCUT2D eigenvalue weighted by Crippen LogP contribution is -2.65. The summed E-state index contributed by atoms with van der Waals surface area (Å²) < 4.78 is -0.846. The third-order valence-electron chi connectivity index (χ3n) is 8.14. The zero-order valence-electron chi connectivity index (χ0n) is 31.9. The van der Waals surface area contributed by atoms with Gasteiger partial charge < -0.3 is 9.80 Å².